The van der Waals surface area contributed by atoms with E-state index in [-0.39, 0.29) is 5.41 Å². The summed E-state index contributed by atoms with van der Waals surface area (Å²) in [5.41, 5.74) is 3.69. The molecule has 7 heteroatoms. The lowest BCUT2D eigenvalue weighted by Gasteiger charge is -2.23. The van der Waals surface area contributed by atoms with Crippen LogP contribution in [-0.4, -0.2) is 22.1 Å². The van der Waals surface area contributed by atoms with Gasteiger partial charge in [-0.25, -0.2) is 4.98 Å². The molecule has 2 heterocycles. The zero-order valence-corrected chi connectivity index (χ0v) is 17.9. The van der Waals surface area contributed by atoms with E-state index in [0.29, 0.717) is 29.0 Å². The van der Waals surface area contributed by atoms with Crippen LogP contribution in [0, 0.1) is 11.3 Å². The number of nitrogens with one attached hydrogen (secondary N) is 2. The Balaban J connectivity index is 1.71. The number of anilines is 2. The number of imidazole rings is 1. The first-order chi connectivity index (χ1) is 14.9. The number of pyridine rings is 1. The molecule has 0 saturated carbocycles. The Bertz CT molecular complexity index is 1280. The molecule has 2 N–H and O–H groups in total. The Morgan fingerprint density at radius 1 is 1.03 bits per heavy atom. The van der Waals surface area contributed by atoms with Crippen molar-refractivity contribution < 1.29 is 9.47 Å². The third kappa shape index (κ3) is 4.28. The largest absolute Gasteiger partial charge is 0.481 e. The maximum Gasteiger partial charge on any atom is 0.246 e. The number of hydrogen-bond donors (Lipinski definition) is 2. The number of aromatic amines is 1. The molecular weight excluding hydrogens is 390 g/mol. The van der Waals surface area contributed by atoms with E-state index in [1.54, 1.807) is 31.4 Å². The molecule has 4 rings (SSSR count). The molecule has 4 aromatic rings. The lowest BCUT2D eigenvalue weighted by Crippen LogP contribution is -2.12. The quantitative estimate of drug-likeness (QED) is 0.437. The third-order valence-corrected chi connectivity index (χ3v) is 4.81. The Labute approximate surface area is 180 Å². The molecule has 7 nitrogen and oxygen atoms in total. The summed E-state index contributed by atoms with van der Waals surface area (Å²) >= 11 is 0. The summed E-state index contributed by atoms with van der Waals surface area (Å²) in [6, 6.07) is 18.9. The van der Waals surface area contributed by atoms with E-state index in [2.05, 4.69) is 53.2 Å². The number of benzene rings is 2. The number of para-hydroxylation sites is 1. The van der Waals surface area contributed by atoms with E-state index in [0.717, 1.165) is 22.3 Å². The molecule has 0 fully saturated rings. The Hall–Kier alpha value is -4.05. The van der Waals surface area contributed by atoms with Crippen molar-refractivity contribution in [3.05, 3.63) is 65.7 Å². The number of ether oxygens (including phenoxy) is 2. The fourth-order valence-electron chi connectivity index (χ4n) is 3.26. The Morgan fingerprint density at radius 2 is 1.84 bits per heavy atom. The maximum absolute atomic E-state index is 9.11. The number of fused-ring (bicyclic) bond motifs is 1. The van der Waals surface area contributed by atoms with E-state index < -0.39 is 0 Å². The van der Waals surface area contributed by atoms with E-state index >= 15 is 0 Å². The second-order valence-corrected chi connectivity index (χ2v) is 8.11. The van der Waals surface area contributed by atoms with E-state index in [1.165, 1.54) is 0 Å². The van der Waals surface area contributed by atoms with Crippen molar-refractivity contribution in [1.29, 1.82) is 5.26 Å². The van der Waals surface area contributed by atoms with Gasteiger partial charge in [-0.3, -0.25) is 0 Å². The molecule has 0 aliphatic carbocycles. The van der Waals surface area contributed by atoms with E-state index in [9.17, 15) is 0 Å². The molecule has 0 aliphatic heterocycles. The van der Waals surface area contributed by atoms with Crippen LogP contribution in [-0.2, 0) is 5.41 Å². The first-order valence-electron chi connectivity index (χ1n) is 9.86. The number of aromatic nitrogens is 3. The predicted molar refractivity (Wildman–Crippen MR) is 120 cm³/mol. The van der Waals surface area contributed by atoms with Gasteiger partial charge in [0.05, 0.1) is 29.8 Å². The van der Waals surface area contributed by atoms with Crippen LogP contribution < -0.4 is 14.8 Å². The molecule has 156 valence electrons. The lowest BCUT2D eigenvalue weighted by atomic mass is 9.86. The average molecular weight is 413 g/mol. The number of methoxy groups -OCH3 is 1. The number of hydrogen-bond acceptors (Lipinski definition) is 6. The van der Waals surface area contributed by atoms with Gasteiger partial charge in [0.2, 0.25) is 17.7 Å². The summed E-state index contributed by atoms with van der Waals surface area (Å²) in [5.74, 6) is 2.05. The van der Waals surface area contributed by atoms with Crippen molar-refractivity contribution in [1.82, 2.24) is 15.0 Å². The average Bonchev–Trinajstić information content (AvgIpc) is 3.16. The van der Waals surface area contributed by atoms with Crippen molar-refractivity contribution in [2.75, 3.05) is 12.4 Å². The monoisotopic (exact) mass is 413 g/mol. The Kier molecular flexibility index (Phi) is 5.22. The molecule has 0 unspecified atom stereocenters. The first-order valence-corrected chi connectivity index (χ1v) is 9.86. The normalized spacial score (nSPS) is 11.2. The van der Waals surface area contributed by atoms with Crippen LogP contribution in [0.5, 0.6) is 17.5 Å². The summed E-state index contributed by atoms with van der Waals surface area (Å²) < 4.78 is 11.5. The van der Waals surface area contributed by atoms with E-state index in [1.807, 2.05) is 24.3 Å². The number of nitrogens with zero attached hydrogens (tertiary/aromatic N) is 3. The van der Waals surface area contributed by atoms with Crippen LogP contribution in [0.4, 0.5) is 11.6 Å². The number of nitriles is 1. The van der Waals surface area contributed by atoms with Crippen molar-refractivity contribution >= 4 is 22.7 Å². The summed E-state index contributed by atoms with van der Waals surface area (Å²) in [6.45, 7) is 6.41. The lowest BCUT2D eigenvalue weighted by molar-refractivity contribution is 0.381. The smallest absolute Gasteiger partial charge is 0.246 e. The van der Waals surface area contributed by atoms with Crippen molar-refractivity contribution in [3.63, 3.8) is 0 Å². The van der Waals surface area contributed by atoms with E-state index in [4.69, 9.17) is 14.7 Å². The molecule has 0 saturated heterocycles. The fraction of sp³-hybridized carbons (Fsp3) is 0.208. The third-order valence-electron chi connectivity index (χ3n) is 4.81. The highest BCUT2D eigenvalue weighted by Crippen LogP contribution is 2.37. The molecule has 2 aromatic heterocycles. The SMILES string of the molecule is COc1ccc(Nc2nc3ccc(C#N)cc3[nH]2)c(Oc2ccccc2C(C)(C)C)n1. The standard InChI is InChI=1S/C24H23N5O2/c1-24(2,3)16-7-5-6-8-20(16)31-22-18(11-12-21(29-22)30-4)27-23-26-17-10-9-15(14-25)13-19(17)28-23/h5-13H,1-4H3,(H2,26,27,28). The highest BCUT2D eigenvalue weighted by Gasteiger charge is 2.20. The highest BCUT2D eigenvalue weighted by atomic mass is 16.5. The van der Waals surface area contributed by atoms with Crippen molar-refractivity contribution in [2.45, 2.75) is 26.2 Å². The molecular formula is C24H23N5O2. The molecule has 0 aliphatic rings. The minimum Gasteiger partial charge on any atom is -0.481 e. The van der Waals surface area contributed by atoms with Crippen LogP contribution in [0.15, 0.2) is 54.6 Å². The topological polar surface area (TPSA) is 95.8 Å². The zero-order valence-electron chi connectivity index (χ0n) is 17.9. The van der Waals surface area contributed by atoms with Gasteiger partial charge in [0.1, 0.15) is 11.4 Å². The van der Waals surface area contributed by atoms with Gasteiger partial charge in [0.15, 0.2) is 0 Å². The highest BCUT2D eigenvalue weighted by molar-refractivity contribution is 5.80. The molecule has 2 aromatic carbocycles. The molecule has 0 bridgehead atoms. The summed E-state index contributed by atoms with van der Waals surface area (Å²) in [4.78, 5) is 12.2. The van der Waals surface area contributed by atoms with Crippen LogP contribution in [0.2, 0.25) is 0 Å². The second kappa shape index (κ2) is 8.00. The predicted octanol–water partition coefficient (Wildman–Crippen LogP) is 5.67. The molecule has 0 radical (unpaired) electrons. The minimum absolute atomic E-state index is 0.0970. The molecule has 0 atom stereocenters. The molecule has 31 heavy (non-hydrogen) atoms. The second-order valence-electron chi connectivity index (χ2n) is 8.11. The van der Waals surface area contributed by atoms with Gasteiger partial charge >= 0.3 is 0 Å². The van der Waals surface area contributed by atoms with Gasteiger partial charge in [-0.2, -0.15) is 10.2 Å². The Morgan fingerprint density at radius 3 is 2.58 bits per heavy atom. The number of H-pyrrole nitrogens is 1. The van der Waals surface area contributed by atoms with Gasteiger partial charge in [0, 0.05) is 11.6 Å². The first kappa shape index (κ1) is 20.2. The zero-order chi connectivity index (χ0) is 22.0. The number of rotatable bonds is 5. The summed E-state index contributed by atoms with van der Waals surface area (Å²) in [7, 11) is 1.56. The van der Waals surface area contributed by atoms with Gasteiger partial charge < -0.3 is 19.8 Å². The van der Waals surface area contributed by atoms with Crippen molar-refractivity contribution in [3.8, 4) is 23.6 Å². The van der Waals surface area contributed by atoms with Gasteiger partial charge in [-0.05, 0) is 35.7 Å². The van der Waals surface area contributed by atoms with Crippen molar-refractivity contribution in [2.24, 2.45) is 0 Å². The van der Waals surface area contributed by atoms with Gasteiger partial charge in [-0.15, -0.1) is 0 Å². The fourth-order valence-corrected chi connectivity index (χ4v) is 3.26. The van der Waals surface area contributed by atoms with Gasteiger partial charge in [0.25, 0.3) is 0 Å². The molecule has 0 amide bonds. The van der Waals surface area contributed by atoms with Gasteiger partial charge in [-0.1, -0.05) is 39.0 Å². The van der Waals surface area contributed by atoms with Crippen LogP contribution in [0.3, 0.4) is 0 Å². The summed E-state index contributed by atoms with van der Waals surface area (Å²) in [5, 5.41) is 12.3. The maximum atomic E-state index is 9.11. The summed E-state index contributed by atoms with van der Waals surface area (Å²) in [6.07, 6.45) is 0. The minimum atomic E-state index is -0.0970. The van der Waals surface area contributed by atoms with Crippen LogP contribution in [0.25, 0.3) is 11.0 Å². The van der Waals surface area contributed by atoms with Crippen LogP contribution >= 0.6 is 0 Å². The molecule has 0 spiro atoms. The van der Waals surface area contributed by atoms with Crippen LogP contribution in [0.1, 0.15) is 31.9 Å².